The maximum Gasteiger partial charge on any atom is 0.326 e. The monoisotopic (exact) mass is 244 g/mol. The van der Waals surface area contributed by atoms with Gasteiger partial charge in [0.15, 0.2) is 0 Å². The Labute approximate surface area is 103 Å². The van der Waals surface area contributed by atoms with Gasteiger partial charge in [-0.15, -0.1) is 0 Å². The van der Waals surface area contributed by atoms with Crippen LogP contribution in [-0.2, 0) is 4.79 Å². The maximum absolute atomic E-state index is 11.9. The van der Waals surface area contributed by atoms with Gasteiger partial charge >= 0.3 is 12.0 Å². The molecular formula is C12H24N2O3. The van der Waals surface area contributed by atoms with Crippen molar-refractivity contribution in [2.24, 2.45) is 0 Å². The molecule has 100 valence electrons. The number of carboxylic acids is 1. The lowest BCUT2D eigenvalue weighted by molar-refractivity contribution is -0.139. The van der Waals surface area contributed by atoms with E-state index in [-0.39, 0.29) is 11.6 Å². The van der Waals surface area contributed by atoms with Crippen molar-refractivity contribution in [1.82, 2.24) is 10.2 Å². The summed E-state index contributed by atoms with van der Waals surface area (Å²) >= 11 is 0. The number of aliphatic carboxylic acids is 1. The number of amides is 2. The third kappa shape index (κ3) is 4.63. The van der Waals surface area contributed by atoms with Crippen LogP contribution in [0.1, 0.15) is 47.0 Å². The van der Waals surface area contributed by atoms with Crippen LogP contribution >= 0.6 is 0 Å². The largest absolute Gasteiger partial charge is 0.480 e. The predicted molar refractivity (Wildman–Crippen MR) is 67.0 cm³/mol. The zero-order valence-corrected chi connectivity index (χ0v) is 11.4. The number of nitrogens with zero attached hydrogens (tertiary/aromatic N) is 1. The third-order valence-corrected chi connectivity index (χ3v) is 3.25. The van der Waals surface area contributed by atoms with Gasteiger partial charge in [0.1, 0.15) is 6.04 Å². The summed E-state index contributed by atoms with van der Waals surface area (Å²) in [6.45, 7) is 7.77. The number of carboxylic acid groups (broad SMARTS) is 1. The number of hydrogen-bond donors (Lipinski definition) is 2. The fourth-order valence-electron chi connectivity index (χ4n) is 1.30. The van der Waals surface area contributed by atoms with Crippen molar-refractivity contribution in [2.75, 3.05) is 7.05 Å². The lowest BCUT2D eigenvalue weighted by atomic mass is 10.0. The zero-order chi connectivity index (χ0) is 13.6. The van der Waals surface area contributed by atoms with Crippen LogP contribution in [0.15, 0.2) is 0 Å². The summed E-state index contributed by atoms with van der Waals surface area (Å²) < 4.78 is 0. The van der Waals surface area contributed by atoms with Crippen LogP contribution in [0, 0.1) is 0 Å². The lowest BCUT2D eigenvalue weighted by Crippen LogP contribution is -2.53. The molecular weight excluding hydrogens is 220 g/mol. The average Bonchev–Trinajstić information content (AvgIpc) is 2.27. The molecule has 0 aromatic carbocycles. The molecule has 0 spiro atoms. The van der Waals surface area contributed by atoms with E-state index in [2.05, 4.69) is 5.32 Å². The molecule has 5 heteroatoms. The second-order valence-electron chi connectivity index (χ2n) is 4.85. The lowest BCUT2D eigenvalue weighted by Gasteiger charge is -2.35. The smallest absolute Gasteiger partial charge is 0.326 e. The Hall–Kier alpha value is -1.26. The van der Waals surface area contributed by atoms with Crippen molar-refractivity contribution in [2.45, 2.75) is 58.5 Å². The van der Waals surface area contributed by atoms with Crippen LogP contribution in [0.2, 0.25) is 0 Å². The highest BCUT2D eigenvalue weighted by atomic mass is 16.4. The highest BCUT2D eigenvalue weighted by molar-refractivity contribution is 5.82. The minimum absolute atomic E-state index is 0.278. The minimum atomic E-state index is -0.983. The molecule has 0 saturated carbocycles. The molecule has 0 heterocycles. The molecule has 0 aliphatic heterocycles. The van der Waals surface area contributed by atoms with Gasteiger partial charge in [-0.3, -0.25) is 0 Å². The number of nitrogens with one attached hydrogen (secondary N) is 1. The van der Waals surface area contributed by atoms with Gasteiger partial charge in [-0.25, -0.2) is 9.59 Å². The Morgan fingerprint density at radius 2 is 1.88 bits per heavy atom. The van der Waals surface area contributed by atoms with Gasteiger partial charge < -0.3 is 15.3 Å². The first-order chi connectivity index (χ1) is 7.76. The molecule has 0 fully saturated rings. The van der Waals surface area contributed by atoms with Crippen LogP contribution in [-0.4, -0.2) is 40.6 Å². The minimum Gasteiger partial charge on any atom is -0.480 e. The number of hydrogen-bond acceptors (Lipinski definition) is 2. The van der Waals surface area contributed by atoms with Crippen LogP contribution in [0.25, 0.3) is 0 Å². The second-order valence-corrected chi connectivity index (χ2v) is 4.85. The maximum atomic E-state index is 11.9. The molecule has 0 aliphatic rings. The van der Waals surface area contributed by atoms with Crippen LogP contribution in [0.4, 0.5) is 4.79 Å². The van der Waals surface area contributed by atoms with Crippen molar-refractivity contribution in [1.29, 1.82) is 0 Å². The Morgan fingerprint density at radius 1 is 1.35 bits per heavy atom. The van der Waals surface area contributed by atoms with Crippen molar-refractivity contribution < 1.29 is 14.7 Å². The quantitative estimate of drug-likeness (QED) is 0.751. The molecule has 0 rings (SSSR count). The molecule has 0 saturated heterocycles. The Balaban J connectivity index is 4.56. The number of carbonyl (C=O) groups is 2. The van der Waals surface area contributed by atoms with Gasteiger partial charge in [0.2, 0.25) is 0 Å². The van der Waals surface area contributed by atoms with E-state index in [0.29, 0.717) is 6.42 Å². The van der Waals surface area contributed by atoms with Crippen molar-refractivity contribution in [3.05, 3.63) is 0 Å². The normalized spacial score (nSPS) is 13.0. The van der Waals surface area contributed by atoms with Gasteiger partial charge in [0.05, 0.1) is 0 Å². The summed E-state index contributed by atoms with van der Waals surface area (Å²) in [6, 6.07) is -1.14. The van der Waals surface area contributed by atoms with E-state index in [1.807, 2.05) is 27.7 Å². The number of rotatable bonds is 6. The van der Waals surface area contributed by atoms with Crippen LogP contribution < -0.4 is 5.32 Å². The molecule has 0 radical (unpaired) electrons. The zero-order valence-electron chi connectivity index (χ0n) is 11.4. The SMILES string of the molecule is CCC[C@@H](NC(=O)N(C)C(C)(C)CC)C(=O)O. The molecule has 0 aromatic rings. The first-order valence-corrected chi connectivity index (χ1v) is 6.03. The number of carbonyl (C=O) groups excluding carboxylic acids is 1. The Kier molecular flexibility index (Phi) is 5.99. The van der Waals surface area contributed by atoms with E-state index in [9.17, 15) is 9.59 Å². The summed E-state index contributed by atoms with van der Waals surface area (Å²) in [5, 5.41) is 11.5. The van der Waals surface area contributed by atoms with Crippen LogP contribution in [0.3, 0.4) is 0 Å². The standard InChI is InChI=1S/C12H24N2O3/c1-6-8-9(10(15)16)13-11(17)14(5)12(3,4)7-2/h9H,6-8H2,1-5H3,(H,13,17)(H,15,16)/t9-/m1/s1. The first kappa shape index (κ1) is 15.7. The summed E-state index contributed by atoms with van der Waals surface area (Å²) in [4.78, 5) is 24.4. The van der Waals surface area contributed by atoms with Crippen molar-refractivity contribution in [3.63, 3.8) is 0 Å². The van der Waals surface area contributed by atoms with E-state index in [4.69, 9.17) is 5.11 Å². The van der Waals surface area contributed by atoms with Crippen molar-refractivity contribution in [3.8, 4) is 0 Å². The summed E-state index contributed by atoms with van der Waals surface area (Å²) in [5.41, 5.74) is -0.278. The van der Waals surface area contributed by atoms with Gasteiger partial charge in [0.25, 0.3) is 0 Å². The third-order valence-electron chi connectivity index (χ3n) is 3.25. The topological polar surface area (TPSA) is 69.6 Å². The molecule has 2 N–H and O–H groups in total. The second kappa shape index (κ2) is 6.47. The fraction of sp³-hybridized carbons (Fsp3) is 0.833. The van der Waals surface area contributed by atoms with E-state index in [1.165, 1.54) is 0 Å². The summed E-state index contributed by atoms with van der Waals surface area (Å²) in [7, 11) is 1.68. The predicted octanol–water partition coefficient (Wildman–Crippen LogP) is 2.07. The molecule has 0 bridgehead atoms. The van der Waals surface area contributed by atoms with Crippen molar-refractivity contribution >= 4 is 12.0 Å². The molecule has 17 heavy (non-hydrogen) atoms. The first-order valence-electron chi connectivity index (χ1n) is 6.03. The Bertz CT molecular complexity index is 277. The van der Waals surface area contributed by atoms with E-state index >= 15 is 0 Å². The van der Waals surface area contributed by atoms with Gasteiger partial charge in [-0.2, -0.15) is 0 Å². The molecule has 5 nitrogen and oxygen atoms in total. The van der Waals surface area contributed by atoms with E-state index in [0.717, 1.165) is 12.8 Å². The molecule has 0 aromatic heterocycles. The van der Waals surface area contributed by atoms with Gasteiger partial charge in [-0.05, 0) is 26.7 Å². The molecule has 1 atom stereocenters. The number of urea groups is 1. The summed E-state index contributed by atoms with van der Waals surface area (Å²) in [6.07, 6.45) is 1.97. The fourth-order valence-corrected chi connectivity index (χ4v) is 1.30. The van der Waals surface area contributed by atoms with Gasteiger partial charge in [-0.1, -0.05) is 20.3 Å². The Morgan fingerprint density at radius 3 is 2.24 bits per heavy atom. The highest BCUT2D eigenvalue weighted by Gasteiger charge is 2.28. The molecule has 2 amide bonds. The summed E-state index contributed by atoms with van der Waals surface area (Å²) in [5.74, 6) is -0.983. The van der Waals surface area contributed by atoms with Gasteiger partial charge in [0, 0.05) is 12.6 Å². The average molecular weight is 244 g/mol. The van der Waals surface area contributed by atoms with E-state index < -0.39 is 12.0 Å². The highest BCUT2D eigenvalue weighted by Crippen LogP contribution is 2.16. The van der Waals surface area contributed by atoms with E-state index in [1.54, 1.807) is 11.9 Å². The molecule has 0 aliphatic carbocycles. The van der Waals surface area contributed by atoms with Crippen LogP contribution in [0.5, 0.6) is 0 Å². The molecule has 0 unspecified atom stereocenters.